The second kappa shape index (κ2) is 9.58. The number of aliphatic hydroxyl groups is 7. The summed E-state index contributed by atoms with van der Waals surface area (Å²) in [5, 5.41) is 71.1. The third-order valence-corrected chi connectivity index (χ3v) is 8.08. The molecule has 0 aliphatic carbocycles. The van der Waals surface area contributed by atoms with Crippen LogP contribution in [0.3, 0.4) is 0 Å². The number of aliphatic hydroxyl groups excluding tert-OH is 7. The van der Waals surface area contributed by atoms with E-state index in [4.69, 9.17) is 14.2 Å². The van der Waals surface area contributed by atoms with Crippen molar-refractivity contribution in [1.82, 2.24) is 3.56 Å². The molecule has 7 N–H and O–H groups in total. The van der Waals surface area contributed by atoms with Crippen LogP contribution in [0.2, 0.25) is 0 Å². The molecule has 0 bridgehead atoms. The Labute approximate surface area is 187 Å². The van der Waals surface area contributed by atoms with Crippen LogP contribution in [0.5, 0.6) is 0 Å². The van der Waals surface area contributed by atoms with Gasteiger partial charge in [-0.2, -0.15) is 0 Å². The van der Waals surface area contributed by atoms with E-state index < -0.39 is 89.3 Å². The van der Waals surface area contributed by atoms with Crippen molar-refractivity contribution in [1.29, 1.82) is 0 Å². The molecule has 0 saturated carbocycles. The van der Waals surface area contributed by atoms with Crippen LogP contribution < -0.4 is 5.56 Å². The molecule has 1 aromatic heterocycles. The van der Waals surface area contributed by atoms with Crippen LogP contribution in [0.4, 0.5) is 0 Å². The van der Waals surface area contributed by atoms with Gasteiger partial charge in [-0.05, 0) is 0 Å². The molecule has 4 rings (SSSR count). The van der Waals surface area contributed by atoms with Crippen LogP contribution in [0.15, 0.2) is 29.1 Å². The van der Waals surface area contributed by atoms with Gasteiger partial charge in [-0.25, -0.2) is 0 Å². The first kappa shape index (κ1) is 24.0. The Morgan fingerprint density at radius 3 is 2.22 bits per heavy atom. The summed E-state index contributed by atoms with van der Waals surface area (Å²) in [6.45, 7) is -1.34. The molecule has 178 valence electrons. The Hall–Kier alpha value is -1.19. The zero-order valence-electron chi connectivity index (χ0n) is 16.6. The van der Waals surface area contributed by atoms with Gasteiger partial charge in [0, 0.05) is 0 Å². The van der Waals surface area contributed by atoms with Crippen molar-refractivity contribution in [3.63, 3.8) is 0 Å². The van der Waals surface area contributed by atoms with Gasteiger partial charge in [0.15, 0.2) is 0 Å². The summed E-state index contributed by atoms with van der Waals surface area (Å²) in [6.07, 6.45) is -15.1. The number of fused-ring (bicyclic) bond motifs is 1. The van der Waals surface area contributed by atoms with Gasteiger partial charge in [0.1, 0.15) is 0 Å². The van der Waals surface area contributed by atoms with E-state index >= 15 is 0 Å². The average Bonchev–Trinajstić information content (AvgIpc) is 3.13. The molecule has 2 saturated heterocycles. The Kier molecular flexibility index (Phi) is 7.17. The van der Waals surface area contributed by atoms with Gasteiger partial charge in [0.2, 0.25) is 0 Å². The quantitative estimate of drug-likeness (QED) is 0.189. The molecular weight excluding hydrogens is 497 g/mol. The van der Waals surface area contributed by atoms with Gasteiger partial charge < -0.3 is 0 Å². The number of aromatic nitrogens is 1. The predicted octanol–water partition coefficient (Wildman–Crippen LogP) is -4.14. The van der Waals surface area contributed by atoms with E-state index in [0.717, 1.165) is 4.26 Å². The Morgan fingerprint density at radius 2 is 1.56 bits per heavy atom. The summed E-state index contributed by atoms with van der Waals surface area (Å²) in [4.78, 5) is 12.8. The van der Waals surface area contributed by atoms with Crippen molar-refractivity contribution in [2.45, 2.75) is 61.3 Å². The van der Waals surface area contributed by atoms with Gasteiger partial charge in [-0.1, -0.05) is 0 Å². The van der Waals surface area contributed by atoms with Crippen molar-refractivity contribution in [3.8, 4) is 0 Å². The first-order valence-electron chi connectivity index (χ1n) is 9.97. The summed E-state index contributed by atoms with van der Waals surface area (Å²) in [7, 11) is 0. The first-order valence-corrected chi connectivity index (χ1v) is 11.6. The molecule has 0 unspecified atom stereocenters. The zero-order valence-corrected chi connectivity index (χ0v) is 18.3. The third-order valence-electron chi connectivity index (χ3n) is 5.72. The molecular formula is C19H25NO11Se. The molecule has 13 heteroatoms. The molecule has 12 nitrogen and oxygen atoms in total. The molecule has 0 radical (unpaired) electrons. The molecule has 32 heavy (non-hydrogen) atoms. The van der Waals surface area contributed by atoms with Crippen LogP contribution in [0.25, 0.3) is 9.65 Å². The van der Waals surface area contributed by atoms with Crippen molar-refractivity contribution >= 4 is 24.4 Å². The SMILES string of the molecule is O=c1c2ccccc2[se]n1[C@@H]1O[C@H](CO)[C@@H](O[C@@H]2O[C@H](CO)[C@H](O)[C@H](O)[C@H]2O)[C@H](O)[C@H]1O. The minimum absolute atomic E-state index is 0.373. The Balaban J connectivity index is 1.57. The van der Waals surface area contributed by atoms with Crippen LogP contribution in [0, 0.1) is 0 Å². The van der Waals surface area contributed by atoms with E-state index in [1.807, 2.05) is 0 Å². The standard InChI is InChI=1S/C19H25NO11Se/c21-5-8-11(23)12(24)15(27)19(30-8)31-16-9(6-22)29-18(14(26)13(16)25)20-17(28)7-3-1-2-4-10(7)32-20/h1-4,8-9,11-16,18-19,21-27H,5-6H2/t8-,9-,11+,12+,13-,14-,15-,16-,18-,19+/m1/s1. The fourth-order valence-electron chi connectivity index (χ4n) is 3.92. The fraction of sp³-hybridized carbons (Fsp3) is 0.632. The molecule has 0 spiro atoms. The van der Waals surface area contributed by atoms with Gasteiger partial charge in [0.05, 0.1) is 0 Å². The molecule has 2 aliphatic rings. The summed E-state index contributed by atoms with van der Waals surface area (Å²) in [6, 6.07) is 6.93. The molecule has 2 aromatic rings. The van der Waals surface area contributed by atoms with Crippen molar-refractivity contribution in [2.75, 3.05) is 13.2 Å². The number of ether oxygens (including phenoxy) is 3. The Morgan fingerprint density at radius 1 is 0.875 bits per heavy atom. The van der Waals surface area contributed by atoms with Crippen LogP contribution in [-0.4, -0.2) is 122 Å². The molecule has 10 atom stereocenters. The number of rotatable bonds is 5. The van der Waals surface area contributed by atoms with Crippen LogP contribution >= 0.6 is 0 Å². The zero-order chi connectivity index (χ0) is 23.2. The second-order valence-electron chi connectivity index (χ2n) is 7.75. The summed E-state index contributed by atoms with van der Waals surface area (Å²) >= 11 is -0.524. The number of hydrogen-bond acceptors (Lipinski definition) is 11. The number of benzene rings is 1. The molecule has 3 heterocycles. The molecule has 0 amide bonds. The van der Waals surface area contributed by atoms with E-state index in [-0.39, 0.29) is 5.56 Å². The predicted molar refractivity (Wildman–Crippen MR) is 107 cm³/mol. The van der Waals surface area contributed by atoms with Gasteiger partial charge in [-0.15, -0.1) is 0 Å². The molecule has 2 aliphatic heterocycles. The summed E-state index contributed by atoms with van der Waals surface area (Å²) in [5.41, 5.74) is -0.373. The van der Waals surface area contributed by atoms with Gasteiger partial charge in [-0.3, -0.25) is 0 Å². The van der Waals surface area contributed by atoms with Gasteiger partial charge >= 0.3 is 187 Å². The monoisotopic (exact) mass is 523 g/mol. The van der Waals surface area contributed by atoms with E-state index in [2.05, 4.69) is 0 Å². The maximum absolute atomic E-state index is 12.8. The van der Waals surface area contributed by atoms with E-state index in [0.29, 0.717) is 5.39 Å². The topological polar surface area (TPSA) is 191 Å². The normalized spacial score (nSPS) is 40.6. The summed E-state index contributed by atoms with van der Waals surface area (Å²) in [5.74, 6) is 0. The maximum atomic E-state index is 12.8. The number of nitrogens with zero attached hydrogens (tertiary/aromatic N) is 1. The Bertz CT molecular complexity index is 978. The molecule has 2 fully saturated rings. The minimum atomic E-state index is -1.74. The van der Waals surface area contributed by atoms with E-state index in [1.54, 1.807) is 24.3 Å². The van der Waals surface area contributed by atoms with Gasteiger partial charge in [0.25, 0.3) is 0 Å². The van der Waals surface area contributed by atoms with Crippen molar-refractivity contribution < 1.29 is 50.0 Å². The average molecular weight is 522 g/mol. The van der Waals surface area contributed by atoms with E-state index in [1.165, 1.54) is 3.56 Å². The number of hydrogen-bond donors (Lipinski definition) is 7. The van der Waals surface area contributed by atoms with Crippen LogP contribution in [-0.2, 0) is 14.2 Å². The fourth-order valence-corrected chi connectivity index (χ4v) is 6.15. The second-order valence-corrected chi connectivity index (χ2v) is 9.88. The van der Waals surface area contributed by atoms with Crippen molar-refractivity contribution in [2.24, 2.45) is 0 Å². The van der Waals surface area contributed by atoms with E-state index in [9.17, 15) is 40.5 Å². The molecule has 1 aromatic carbocycles. The summed E-state index contributed by atoms with van der Waals surface area (Å²) < 4.78 is 18.6. The first-order chi connectivity index (χ1) is 15.3. The van der Waals surface area contributed by atoms with Crippen molar-refractivity contribution in [3.05, 3.63) is 34.6 Å². The third kappa shape index (κ3) is 4.09. The van der Waals surface area contributed by atoms with Crippen LogP contribution in [0.1, 0.15) is 6.23 Å².